The molecule has 4 nitrogen and oxygen atoms in total. The van der Waals surface area contributed by atoms with Gasteiger partial charge in [-0.1, -0.05) is 43.7 Å². The molecule has 0 bridgehead atoms. The second-order valence-electron chi connectivity index (χ2n) is 5.31. The first kappa shape index (κ1) is 14.6. The number of nitrogens with one attached hydrogen (secondary N) is 2. The second-order valence-corrected chi connectivity index (χ2v) is 5.31. The zero-order valence-corrected chi connectivity index (χ0v) is 11.9. The van der Waals surface area contributed by atoms with Crippen molar-refractivity contribution in [2.24, 2.45) is 0 Å². The molecule has 1 fully saturated rings. The van der Waals surface area contributed by atoms with Gasteiger partial charge in [-0.15, -0.1) is 0 Å². The maximum Gasteiger partial charge on any atom is 0.239 e. The molecule has 1 aromatic carbocycles. The average Bonchev–Trinajstić information content (AvgIpc) is 3.27. The molecule has 1 aliphatic rings. The monoisotopic (exact) mass is 274 g/mol. The quantitative estimate of drug-likeness (QED) is 0.798. The number of amides is 2. The van der Waals surface area contributed by atoms with Crippen molar-refractivity contribution in [2.75, 3.05) is 6.54 Å². The zero-order chi connectivity index (χ0) is 14.4. The molecule has 0 aliphatic heterocycles. The van der Waals surface area contributed by atoms with Crippen LogP contribution in [0.2, 0.25) is 0 Å². The lowest BCUT2D eigenvalue weighted by molar-refractivity contribution is -0.127. The fraction of sp³-hybridized carbons (Fsp3) is 0.500. The van der Waals surface area contributed by atoms with Gasteiger partial charge in [0.1, 0.15) is 0 Å². The molecule has 2 rings (SSSR count). The number of carbonyl (C=O) groups excluding carboxylic acids is 2. The Kier molecular flexibility index (Phi) is 5.16. The molecule has 108 valence electrons. The van der Waals surface area contributed by atoms with Crippen LogP contribution in [0.15, 0.2) is 30.3 Å². The van der Waals surface area contributed by atoms with Crippen molar-refractivity contribution in [2.45, 2.75) is 44.6 Å². The molecule has 1 aromatic rings. The highest BCUT2D eigenvalue weighted by molar-refractivity contribution is 5.88. The van der Waals surface area contributed by atoms with Gasteiger partial charge in [-0.05, 0) is 24.8 Å². The minimum absolute atomic E-state index is 0.0657. The predicted octanol–water partition coefficient (Wildman–Crippen LogP) is 1.97. The molecule has 1 aliphatic carbocycles. The first-order valence-electron chi connectivity index (χ1n) is 7.32. The van der Waals surface area contributed by atoms with E-state index in [1.807, 2.05) is 30.3 Å². The Balaban J connectivity index is 1.87. The van der Waals surface area contributed by atoms with E-state index in [-0.39, 0.29) is 24.3 Å². The number of hydrogen-bond donors (Lipinski definition) is 2. The molecule has 4 heteroatoms. The highest BCUT2D eigenvalue weighted by Gasteiger charge is 2.24. The van der Waals surface area contributed by atoms with Gasteiger partial charge in [0.2, 0.25) is 11.8 Å². The number of carbonyl (C=O) groups is 2. The smallest absolute Gasteiger partial charge is 0.239 e. The molecular formula is C16H22N2O2. The lowest BCUT2D eigenvalue weighted by atomic mass is 9.94. The number of benzene rings is 1. The first-order valence-corrected chi connectivity index (χ1v) is 7.32. The molecular weight excluding hydrogens is 252 g/mol. The standard InChI is InChI=1S/C16H22N2O2/c1-2-6-14(12-7-4-3-5-8-12)16(20)17-11-15(19)18-13-9-10-13/h3-5,7-8,13-14H,2,6,9-11H2,1H3,(H,17,20)(H,18,19). The Bertz CT molecular complexity index is 455. The maximum absolute atomic E-state index is 12.2. The first-order chi connectivity index (χ1) is 9.70. The van der Waals surface area contributed by atoms with Gasteiger partial charge in [0.15, 0.2) is 0 Å². The van der Waals surface area contributed by atoms with Crippen LogP contribution in [-0.4, -0.2) is 24.4 Å². The van der Waals surface area contributed by atoms with Crippen LogP contribution in [0.25, 0.3) is 0 Å². The van der Waals surface area contributed by atoms with E-state index >= 15 is 0 Å². The maximum atomic E-state index is 12.2. The summed E-state index contributed by atoms with van der Waals surface area (Å²) >= 11 is 0. The van der Waals surface area contributed by atoms with E-state index in [4.69, 9.17) is 0 Å². The summed E-state index contributed by atoms with van der Waals surface area (Å²) in [5.74, 6) is -0.330. The Morgan fingerprint density at radius 1 is 1.25 bits per heavy atom. The Labute approximate surface area is 119 Å². The van der Waals surface area contributed by atoms with Crippen LogP contribution in [-0.2, 0) is 9.59 Å². The zero-order valence-electron chi connectivity index (χ0n) is 11.9. The van der Waals surface area contributed by atoms with E-state index in [9.17, 15) is 9.59 Å². The third kappa shape index (κ3) is 4.37. The summed E-state index contributed by atoms with van der Waals surface area (Å²) in [6.45, 7) is 2.13. The SMILES string of the molecule is CCCC(C(=O)NCC(=O)NC1CC1)c1ccccc1. The van der Waals surface area contributed by atoms with Crippen molar-refractivity contribution in [3.8, 4) is 0 Å². The van der Waals surface area contributed by atoms with Crippen molar-refractivity contribution in [3.05, 3.63) is 35.9 Å². The van der Waals surface area contributed by atoms with E-state index in [0.717, 1.165) is 31.2 Å². The molecule has 2 amide bonds. The van der Waals surface area contributed by atoms with Gasteiger partial charge in [0.05, 0.1) is 12.5 Å². The normalized spacial score (nSPS) is 15.4. The van der Waals surface area contributed by atoms with Crippen LogP contribution < -0.4 is 10.6 Å². The van der Waals surface area contributed by atoms with Crippen LogP contribution in [0.3, 0.4) is 0 Å². The van der Waals surface area contributed by atoms with Crippen molar-refractivity contribution in [1.29, 1.82) is 0 Å². The Morgan fingerprint density at radius 2 is 1.95 bits per heavy atom. The van der Waals surface area contributed by atoms with Crippen molar-refractivity contribution in [1.82, 2.24) is 10.6 Å². The van der Waals surface area contributed by atoms with Crippen LogP contribution >= 0.6 is 0 Å². The summed E-state index contributed by atoms with van der Waals surface area (Å²) in [5.41, 5.74) is 1.01. The molecule has 0 heterocycles. The third-order valence-corrected chi connectivity index (χ3v) is 3.46. The molecule has 1 saturated carbocycles. The molecule has 1 atom stereocenters. The van der Waals surface area contributed by atoms with Crippen LogP contribution in [0.1, 0.15) is 44.1 Å². The van der Waals surface area contributed by atoms with Gasteiger partial charge < -0.3 is 10.6 Å². The number of hydrogen-bond acceptors (Lipinski definition) is 2. The van der Waals surface area contributed by atoms with Crippen molar-refractivity contribution in [3.63, 3.8) is 0 Å². The molecule has 2 N–H and O–H groups in total. The van der Waals surface area contributed by atoms with Crippen LogP contribution in [0.4, 0.5) is 0 Å². The van der Waals surface area contributed by atoms with Gasteiger partial charge >= 0.3 is 0 Å². The highest BCUT2D eigenvalue weighted by Crippen LogP contribution is 2.21. The third-order valence-electron chi connectivity index (χ3n) is 3.46. The molecule has 1 unspecified atom stereocenters. The van der Waals surface area contributed by atoms with E-state index in [0.29, 0.717) is 6.04 Å². The van der Waals surface area contributed by atoms with Gasteiger partial charge in [0, 0.05) is 6.04 Å². The highest BCUT2D eigenvalue weighted by atomic mass is 16.2. The van der Waals surface area contributed by atoms with Crippen LogP contribution in [0.5, 0.6) is 0 Å². The van der Waals surface area contributed by atoms with Gasteiger partial charge in [-0.25, -0.2) is 0 Å². The predicted molar refractivity (Wildman–Crippen MR) is 78.3 cm³/mol. The summed E-state index contributed by atoms with van der Waals surface area (Å²) in [7, 11) is 0. The van der Waals surface area contributed by atoms with Crippen molar-refractivity contribution < 1.29 is 9.59 Å². The Morgan fingerprint density at radius 3 is 2.55 bits per heavy atom. The summed E-state index contributed by atoms with van der Waals surface area (Å²) in [4.78, 5) is 23.8. The van der Waals surface area contributed by atoms with Crippen molar-refractivity contribution >= 4 is 11.8 Å². The van der Waals surface area contributed by atoms with E-state index in [1.54, 1.807) is 0 Å². The summed E-state index contributed by atoms with van der Waals surface area (Å²) in [6, 6.07) is 10.1. The minimum Gasteiger partial charge on any atom is -0.352 e. The lowest BCUT2D eigenvalue weighted by Crippen LogP contribution is -2.39. The molecule has 0 saturated heterocycles. The van der Waals surface area contributed by atoms with E-state index in [2.05, 4.69) is 17.6 Å². The van der Waals surface area contributed by atoms with Crippen LogP contribution in [0, 0.1) is 0 Å². The minimum atomic E-state index is -0.171. The fourth-order valence-corrected chi connectivity index (χ4v) is 2.22. The summed E-state index contributed by atoms with van der Waals surface area (Å²) < 4.78 is 0. The van der Waals surface area contributed by atoms with Gasteiger partial charge in [-0.3, -0.25) is 9.59 Å². The van der Waals surface area contributed by atoms with E-state index < -0.39 is 0 Å². The molecule has 20 heavy (non-hydrogen) atoms. The lowest BCUT2D eigenvalue weighted by Gasteiger charge is -2.16. The molecule has 0 spiro atoms. The Hall–Kier alpha value is -1.84. The fourth-order valence-electron chi connectivity index (χ4n) is 2.22. The number of rotatable bonds is 7. The summed E-state index contributed by atoms with van der Waals surface area (Å²) in [5, 5.41) is 5.61. The summed E-state index contributed by atoms with van der Waals surface area (Å²) in [6.07, 6.45) is 3.84. The molecule has 0 radical (unpaired) electrons. The largest absolute Gasteiger partial charge is 0.352 e. The average molecular weight is 274 g/mol. The topological polar surface area (TPSA) is 58.2 Å². The van der Waals surface area contributed by atoms with Gasteiger partial charge in [0.25, 0.3) is 0 Å². The van der Waals surface area contributed by atoms with E-state index in [1.165, 1.54) is 0 Å². The second kappa shape index (κ2) is 7.08. The molecule has 0 aromatic heterocycles. The van der Waals surface area contributed by atoms with Gasteiger partial charge in [-0.2, -0.15) is 0 Å².